The van der Waals surface area contributed by atoms with E-state index in [0.29, 0.717) is 17.5 Å². The normalized spacial score (nSPS) is 11.3. The molecular formula is C44H28N4O. The van der Waals surface area contributed by atoms with Crippen molar-refractivity contribution >= 4 is 21.9 Å². The Morgan fingerprint density at radius 3 is 1.43 bits per heavy atom. The number of aromatic nitrogens is 4. The first-order valence-corrected chi connectivity index (χ1v) is 16.2. The van der Waals surface area contributed by atoms with Gasteiger partial charge in [0.15, 0.2) is 17.5 Å². The molecular weight excluding hydrogens is 601 g/mol. The van der Waals surface area contributed by atoms with Gasteiger partial charge in [0.05, 0.1) is 0 Å². The maximum Gasteiger partial charge on any atom is 0.164 e. The van der Waals surface area contributed by atoms with Crippen LogP contribution in [0, 0.1) is 0 Å². The number of fused-ring (bicyclic) bond motifs is 3. The smallest absolute Gasteiger partial charge is 0.164 e. The zero-order chi connectivity index (χ0) is 32.6. The lowest BCUT2D eigenvalue weighted by molar-refractivity contribution is 0.671. The van der Waals surface area contributed by atoms with Gasteiger partial charge in [-0.05, 0) is 58.7 Å². The van der Waals surface area contributed by atoms with Gasteiger partial charge in [0.1, 0.15) is 11.2 Å². The summed E-state index contributed by atoms with van der Waals surface area (Å²) in [7, 11) is 0. The lowest BCUT2D eigenvalue weighted by atomic mass is 9.93. The van der Waals surface area contributed by atoms with Gasteiger partial charge in [-0.15, -0.1) is 0 Å². The lowest BCUT2D eigenvalue weighted by Gasteiger charge is -2.11. The van der Waals surface area contributed by atoms with Gasteiger partial charge in [-0.2, -0.15) is 0 Å². The van der Waals surface area contributed by atoms with Crippen molar-refractivity contribution < 1.29 is 4.42 Å². The van der Waals surface area contributed by atoms with E-state index in [1.165, 1.54) is 0 Å². The fourth-order valence-electron chi connectivity index (χ4n) is 6.49. The second-order valence-electron chi connectivity index (χ2n) is 11.9. The van der Waals surface area contributed by atoms with Crippen LogP contribution in [0.25, 0.3) is 89.5 Å². The summed E-state index contributed by atoms with van der Waals surface area (Å²) in [5, 5.41) is 1.94. The molecule has 5 heteroatoms. The van der Waals surface area contributed by atoms with Crippen molar-refractivity contribution in [1.29, 1.82) is 0 Å². The van der Waals surface area contributed by atoms with Gasteiger partial charge in [0.2, 0.25) is 0 Å². The Morgan fingerprint density at radius 1 is 0.347 bits per heavy atom. The van der Waals surface area contributed by atoms with Crippen LogP contribution in [0.15, 0.2) is 175 Å². The third-order valence-electron chi connectivity index (χ3n) is 8.84. The molecule has 49 heavy (non-hydrogen) atoms. The molecule has 0 saturated carbocycles. The van der Waals surface area contributed by atoms with Crippen LogP contribution in [-0.4, -0.2) is 19.9 Å². The van der Waals surface area contributed by atoms with Crippen LogP contribution in [0.1, 0.15) is 0 Å². The Morgan fingerprint density at radius 2 is 0.837 bits per heavy atom. The molecule has 9 aromatic rings. The van der Waals surface area contributed by atoms with E-state index in [2.05, 4.69) is 77.8 Å². The first kappa shape index (κ1) is 28.5. The van der Waals surface area contributed by atoms with Crippen molar-refractivity contribution in [3.05, 3.63) is 170 Å². The molecule has 0 spiro atoms. The summed E-state index contributed by atoms with van der Waals surface area (Å²) in [6.07, 6.45) is 3.62. The van der Waals surface area contributed by atoms with Crippen LogP contribution in [-0.2, 0) is 0 Å². The van der Waals surface area contributed by atoms with Gasteiger partial charge >= 0.3 is 0 Å². The van der Waals surface area contributed by atoms with Crippen molar-refractivity contribution in [2.24, 2.45) is 0 Å². The second-order valence-corrected chi connectivity index (χ2v) is 11.9. The molecule has 0 aliphatic heterocycles. The Kier molecular flexibility index (Phi) is 7.06. The summed E-state index contributed by atoms with van der Waals surface area (Å²) in [5.41, 5.74) is 10.6. The van der Waals surface area contributed by atoms with Gasteiger partial charge in [0.25, 0.3) is 0 Å². The molecule has 0 atom stereocenters. The van der Waals surface area contributed by atoms with Crippen LogP contribution in [0.3, 0.4) is 0 Å². The molecule has 3 aromatic heterocycles. The molecule has 0 amide bonds. The highest BCUT2D eigenvalue weighted by molar-refractivity contribution is 6.19. The van der Waals surface area contributed by atoms with Crippen LogP contribution in [0.5, 0.6) is 0 Å². The molecule has 3 heterocycles. The van der Waals surface area contributed by atoms with E-state index in [0.717, 1.165) is 72.0 Å². The maximum atomic E-state index is 7.01. The number of benzene rings is 6. The number of nitrogens with zero attached hydrogens (tertiary/aromatic N) is 4. The highest BCUT2D eigenvalue weighted by Crippen LogP contribution is 2.45. The van der Waals surface area contributed by atoms with Crippen LogP contribution < -0.4 is 0 Å². The maximum absolute atomic E-state index is 7.01. The van der Waals surface area contributed by atoms with Gasteiger partial charge in [-0.25, -0.2) is 15.0 Å². The fourth-order valence-corrected chi connectivity index (χ4v) is 6.49. The van der Waals surface area contributed by atoms with Gasteiger partial charge in [-0.3, -0.25) is 4.98 Å². The van der Waals surface area contributed by atoms with Crippen molar-refractivity contribution in [2.75, 3.05) is 0 Å². The van der Waals surface area contributed by atoms with Gasteiger partial charge in [-0.1, -0.05) is 121 Å². The molecule has 0 bridgehead atoms. The molecule has 0 unspecified atom stereocenters. The molecule has 9 rings (SSSR count). The zero-order valence-electron chi connectivity index (χ0n) is 26.4. The van der Waals surface area contributed by atoms with E-state index < -0.39 is 0 Å². The summed E-state index contributed by atoms with van der Waals surface area (Å²) in [4.78, 5) is 19.5. The average Bonchev–Trinajstić information content (AvgIpc) is 3.58. The zero-order valence-corrected chi connectivity index (χ0v) is 26.4. The van der Waals surface area contributed by atoms with E-state index in [1.54, 1.807) is 0 Å². The highest BCUT2D eigenvalue weighted by atomic mass is 16.3. The third-order valence-corrected chi connectivity index (χ3v) is 8.84. The lowest BCUT2D eigenvalue weighted by Crippen LogP contribution is -2.00. The van der Waals surface area contributed by atoms with Crippen molar-refractivity contribution in [2.45, 2.75) is 0 Å². The number of hydrogen-bond donors (Lipinski definition) is 0. The molecule has 0 aliphatic carbocycles. The molecule has 0 N–H and O–H groups in total. The third kappa shape index (κ3) is 5.24. The summed E-state index contributed by atoms with van der Waals surface area (Å²) >= 11 is 0. The minimum absolute atomic E-state index is 0.577. The summed E-state index contributed by atoms with van der Waals surface area (Å²) in [5.74, 6) is 1.80. The molecule has 0 aliphatic rings. The Bertz CT molecular complexity index is 2510. The molecule has 0 fully saturated rings. The highest BCUT2D eigenvalue weighted by Gasteiger charge is 2.23. The molecule has 6 aromatic carbocycles. The summed E-state index contributed by atoms with van der Waals surface area (Å²) < 4.78 is 7.01. The average molecular weight is 629 g/mol. The van der Waals surface area contributed by atoms with Gasteiger partial charge in [0, 0.05) is 51.0 Å². The standard InChI is InChI=1S/C44H28N4O/c1-5-13-29(14-6-1)34-27-37(30-15-7-2-8-16-30)40-38(28-34)39-36(22-21-35(41(39)49-40)31-23-25-45-26-24-31)44-47-42(32-17-9-3-10-18-32)46-43(48-44)33-19-11-4-12-20-33/h1-28H. The number of pyridine rings is 1. The minimum atomic E-state index is 0.577. The predicted molar refractivity (Wildman–Crippen MR) is 198 cm³/mol. The number of rotatable bonds is 6. The predicted octanol–water partition coefficient (Wildman–Crippen LogP) is 11.2. The summed E-state index contributed by atoms with van der Waals surface area (Å²) in [6, 6.07) is 53.7. The first-order valence-electron chi connectivity index (χ1n) is 16.2. The van der Waals surface area contributed by atoms with Crippen molar-refractivity contribution in [3.63, 3.8) is 0 Å². The second kappa shape index (κ2) is 12.1. The Labute approximate surface area is 283 Å². The number of hydrogen-bond acceptors (Lipinski definition) is 5. The Hall–Kier alpha value is -6.72. The van der Waals surface area contributed by atoms with E-state index in [-0.39, 0.29) is 0 Å². The molecule has 5 nitrogen and oxygen atoms in total. The van der Waals surface area contributed by atoms with E-state index in [1.807, 2.05) is 97.3 Å². The first-order chi connectivity index (χ1) is 24.3. The number of furan rings is 1. The molecule has 0 radical (unpaired) electrons. The molecule has 230 valence electrons. The molecule has 0 saturated heterocycles. The van der Waals surface area contributed by atoms with Crippen molar-refractivity contribution in [3.8, 4) is 67.5 Å². The quantitative estimate of drug-likeness (QED) is 0.183. The monoisotopic (exact) mass is 628 g/mol. The fraction of sp³-hybridized carbons (Fsp3) is 0. The van der Waals surface area contributed by atoms with Crippen LogP contribution >= 0.6 is 0 Å². The van der Waals surface area contributed by atoms with E-state index in [4.69, 9.17) is 19.4 Å². The SMILES string of the molecule is c1ccc(-c2cc(-c3ccccc3)c3oc4c(-c5ccncc5)ccc(-c5nc(-c6ccccc6)nc(-c6ccccc6)n5)c4c3c2)cc1. The van der Waals surface area contributed by atoms with Crippen LogP contribution in [0.4, 0.5) is 0 Å². The van der Waals surface area contributed by atoms with Crippen LogP contribution in [0.2, 0.25) is 0 Å². The van der Waals surface area contributed by atoms with Gasteiger partial charge < -0.3 is 4.42 Å². The van der Waals surface area contributed by atoms with E-state index >= 15 is 0 Å². The minimum Gasteiger partial charge on any atom is -0.455 e. The topological polar surface area (TPSA) is 64.7 Å². The van der Waals surface area contributed by atoms with E-state index in [9.17, 15) is 0 Å². The summed E-state index contributed by atoms with van der Waals surface area (Å²) in [6.45, 7) is 0. The Balaban J connectivity index is 1.40. The largest absolute Gasteiger partial charge is 0.455 e. The van der Waals surface area contributed by atoms with Crippen molar-refractivity contribution in [1.82, 2.24) is 19.9 Å².